The van der Waals surface area contributed by atoms with Crippen LogP contribution >= 0.6 is 0 Å². The predicted molar refractivity (Wildman–Crippen MR) is 79.4 cm³/mol. The zero-order chi connectivity index (χ0) is 19.6. The largest absolute Gasteiger partial charge is 5.00 e. The van der Waals surface area contributed by atoms with Crippen LogP contribution in [0.1, 0.15) is 0 Å². The summed E-state index contributed by atoms with van der Waals surface area (Å²) >= 11 is 0. The molecule has 0 aliphatic rings. The molecule has 0 aliphatic carbocycles. The Hall–Kier alpha value is -2.15. The van der Waals surface area contributed by atoms with Crippen molar-refractivity contribution < 1.29 is 17.1 Å². The van der Waals surface area contributed by atoms with E-state index in [0.29, 0.717) is 0 Å². The van der Waals surface area contributed by atoms with Gasteiger partial charge in [-0.15, -0.1) is 0 Å². The van der Waals surface area contributed by atoms with E-state index < -0.39 is 0 Å². The Bertz CT molecular complexity index is 221. The van der Waals surface area contributed by atoms with Crippen LogP contribution in [0.3, 0.4) is 0 Å². The van der Waals surface area contributed by atoms with Crippen molar-refractivity contribution in [3.63, 3.8) is 0 Å². The van der Waals surface area contributed by atoms with E-state index in [1.165, 1.54) is 0 Å². The van der Waals surface area contributed by atoms with Gasteiger partial charge in [0, 0.05) is 26.2 Å². The topological polar surface area (TPSA) is 129 Å². The first-order valence-electron chi connectivity index (χ1n) is 5.62. The fourth-order valence-electron chi connectivity index (χ4n) is 0.853. The van der Waals surface area contributed by atoms with Crippen LogP contribution in [0.25, 0.3) is 0 Å². The number of hydrogen-bond acceptors (Lipinski definition) is 8. The molecule has 0 aromatic carbocycles. The molecular weight excluding hydrogens is 336 g/mol. The summed E-state index contributed by atoms with van der Waals surface area (Å²) in [6.45, 7) is 28.3. The Kier molecular flexibility index (Phi) is 112. The Morgan fingerprint density at radius 3 is 0.783 bits per heavy atom. The second kappa shape index (κ2) is 59.9. The molecule has 23 heavy (non-hydrogen) atoms. The number of rotatable bonds is 6. The van der Waals surface area contributed by atoms with Crippen molar-refractivity contribution in [2.45, 2.75) is 0 Å². The normalized spacial score (nSPS) is 6.70. The van der Waals surface area contributed by atoms with Crippen molar-refractivity contribution in [3.8, 4) is 0 Å². The second-order valence-corrected chi connectivity index (χ2v) is 3.91. The van der Waals surface area contributed by atoms with Crippen LogP contribution in [0.4, 0.5) is 0 Å². The minimum atomic E-state index is 0. The van der Waals surface area contributed by atoms with Gasteiger partial charge in [-0.3, -0.25) is 0 Å². The molecule has 0 aromatic rings. The molecule has 0 atom stereocenters. The van der Waals surface area contributed by atoms with Crippen LogP contribution in [0, 0.1) is 59.2 Å². The van der Waals surface area contributed by atoms with Crippen molar-refractivity contribution >= 4 is 0 Å². The maximum atomic E-state index is 6.25. The zero-order valence-corrected chi connectivity index (χ0v) is 15.4. The van der Waals surface area contributed by atoms with Gasteiger partial charge in [0.25, 0.3) is 0 Å². The fraction of sp³-hybridized carbons (Fsp3) is 0.643. The Morgan fingerprint density at radius 1 is 0.478 bits per heavy atom. The molecule has 0 fully saturated rings. The standard InChI is InChI=1S/C9H23N3.5CN.Fe/c1-10(2)6-8-12(5)9-7-11(3)4;5*1-2;/h6-9H2,1-5H3;;;;;;/q;5*-1;+5. The van der Waals surface area contributed by atoms with Crippen molar-refractivity contribution in [1.29, 1.82) is 26.3 Å². The van der Waals surface area contributed by atoms with E-state index in [0.717, 1.165) is 26.2 Å². The van der Waals surface area contributed by atoms with Gasteiger partial charge in [0.1, 0.15) is 0 Å². The first kappa shape index (κ1) is 42.8. The Balaban J connectivity index is -0.0000000396. The zero-order valence-electron chi connectivity index (χ0n) is 14.3. The molecule has 9 heteroatoms. The van der Waals surface area contributed by atoms with Gasteiger partial charge >= 0.3 is 17.1 Å². The van der Waals surface area contributed by atoms with E-state index in [2.05, 4.69) is 49.9 Å². The average molecular weight is 359 g/mol. The van der Waals surface area contributed by atoms with Crippen LogP contribution in [-0.4, -0.2) is 76.1 Å². The van der Waals surface area contributed by atoms with Gasteiger partial charge in [0.15, 0.2) is 0 Å². The van der Waals surface area contributed by atoms with E-state index in [1.54, 1.807) is 0 Å². The van der Waals surface area contributed by atoms with Crippen LogP contribution < -0.4 is 0 Å². The van der Waals surface area contributed by atoms with Gasteiger partial charge in [-0.05, 0) is 35.2 Å². The second-order valence-electron chi connectivity index (χ2n) is 3.91. The summed E-state index contributed by atoms with van der Waals surface area (Å²) in [6, 6.07) is 0. The third-order valence-electron chi connectivity index (χ3n) is 1.86. The molecule has 0 saturated carbocycles. The molecule has 0 saturated heterocycles. The van der Waals surface area contributed by atoms with E-state index in [9.17, 15) is 0 Å². The quantitative estimate of drug-likeness (QED) is 0.496. The molecule has 0 aliphatic heterocycles. The number of likely N-dealkylation sites (N-methyl/N-ethyl adjacent to an activating group) is 3. The Morgan fingerprint density at radius 2 is 0.652 bits per heavy atom. The van der Waals surface area contributed by atoms with Gasteiger partial charge in [-0.25, -0.2) is 0 Å². The first-order valence-corrected chi connectivity index (χ1v) is 5.62. The third kappa shape index (κ3) is 103. The average Bonchev–Trinajstić information content (AvgIpc) is 2.60. The summed E-state index contributed by atoms with van der Waals surface area (Å²) in [6.07, 6.45) is 0. The van der Waals surface area contributed by atoms with Crippen molar-refractivity contribution in [3.05, 3.63) is 32.9 Å². The Labute approximate surface area is 152 Å². The van der Waals surface area contributed by atoms with Gasteiger partial charge in [0.2, 0.25) is 0 Å². The molecular formula is C14H23FeN8. The maximum absolute atomic E-state index is 6.25. The molecule has 1 radical (unpaired) electrons. The van der Waals surface area contributed by atoms with Crippen LogP contribution in [-0.2, 0) is 17.1 Å². The number of hydrogen-bond donors (Lipinski definition) is 0. The van der Waals surface area contributed by atoms with Gasteiger partial charge in [-0.1, -0.05) is 0 Å². The van der Waals surface area contributed by atoms with Crippen molar-refractivity contribution in [2.24, 2.45) is 0 Å². The van der Waals surface area contributed by atoms with Gasteiger partial charge in [-0.2, -0.15) is 0 Å². The molecule has 0 aromatic heterocycles. The SMILES string of the molecule is CN(C)CCN(C)CCN(C)C.[C-]#N.[C-]#N.[C-]#N.[C-]#N.[C-]#N.[Fe+5]. The molecule has 127 valence electrons. The minimum Gasteiger partial charge on any atom is -0.512 e. The van der Waals surface area contributed by atoms with Crippen LogP contribution in [0.15, 0.2) is 0 Å². The van der Waals surface area contributed by atoms with E-state index >= 15 is 0 Å². The third-order valence-corrected chi connectivity index (χ3v) is 1.86. The van der Waals surface area contributed by atoms with Crippen LogP contribution in [0.2, 0.25) is 0 Å². The van der Waals surface area contributed by atoms with E-state index in [-0.39, 0.29) is 17.1 Å². The van der Waals surface area contributed by atoms with E-state index in [4.69, 9.17) is 59.2 Å². The molecule has 0 N–H and O–H groups in total. The minimum absolute atomic E-state index is 0. The summed E-state index contributed by atoms with van der Waals surface area (Å²) in [4.78, 5) is 6.79. The van der Waals surface area contributed by atoms with Gasteiger partial charge in [0.05, 0.1) is 0 Å². The van der Waals surface area contributed by atoms with E-state index in [1.807, 2.05) is 0 Å². The monoisotopic (exact) mass is 359 g/mol. The predicted octanol–water partition coefficient (Wildman–Crippen LogP) is 0.521. The van der Waals surface area contributed by atoms with Crippen LogP contribution in [0.5, 0.6) is 0 Å². The summed E-state index contributed by atoms with van der Waals surface area (Å²) in [5.41, 5.74) is 0. The fourth-order valence-corrected chi connectivity index (χ4v) is 0.853. The van der Waals surface area contributed by atoms with Crippen molar-refractivity contribution in [2.75, 3.05) is 61.4 Å². The molecule has 0 heterocycles. The molecule has 0 bridgehead atoms. The summed E-state index contributed by atoms with van der Waals surface area (Å²) in [7, 11) is 10.6. The first-order chi connectivity index (χ1) is 10.5. The molecule has 0 spiro atoms. The summed E-state index contributed by atoms with van der Waals surface area (Å²) in [5, 5.41) is 31.2. The number of nitrogens with zero attached hydrogens (tertiary/aromatic N) is 8. The summed E-state index contributed by atoms with van der Waals surface area (Å²) < 4.78 is 0. The van der Waals surface area contributed by atoms with Crippen molar-refractivity contribution in [1.82, 2.24) is 14.7 Å². The smallest absolute Gasteiger partial charge is 0.512 e. The molecule has 8 nitrogen and oxygen atoms in total. The molecule has 0 unspecified atom stereocenters. The molecule has 0 amide bonds. The molecule has 0 rings (SSSR count). The summed E-state index contributed by atoms with van der Waals surface area (Å²) in [5.74, 6) is 0. The van der Waals surface area contributed by atoms with Gasteiger partial charge < -0.3 is 73.9 Å². The maximum Gasteiger partial charge on any atom is 5.00 e.